The SMILES string of the molecule is C.C.C.CC(C)C1CC1.CC(C)C1CCCC1.CC(C)C1CCCCC1. The van der Waals surface area contributed by atoms with Gasteiger partial charge in [0.1, 0.15) is 0 Å². The fraction of sp³-hybridized carbons (Fsp3) is 1.00. The standard InChI is InChI=1S/C9H18.C8H16.C6H12.3CH4/c1-8(2)9-6-4-3-5-7-9;1-7(2)8-5-3-4-6-8;1-5(2)6-3-4-6;;;/h8-9H,3-7H2,1-2H3;7-8H,3-6H2,1-2H3;5-6H,3-4H2,1-2H3;3*1H4. The van der Waals surface area contributed by atoms with Crippen LogP contribution in [0.3, 0.4) is 0 Å². The van der Waals surface area contributed by atoms with Crippen molar-refractivity contribution < 1.29 is 0 Å². The van der Waals surface area contributed by atoms with E-state index in [1.165, 1.54) is 70.6 Å². The Kier molecular flexibility index (Phi) is 20.2. The average molecular weight is 371 g/mol. The molecule has 3 rings (SSSR count). The van der Waals surface area contributed by atoms with Crippen LogP contribution in [0.1, 0.15) is 134 Å². The normalized spacial score (nSPS) is 20.2. The van der Waals surface area contributed by atoms with Crippen LogP contribution in [-0.4, -0.2) is 0 Å². The lowest BCUT2D eigenvalue weighted by Crippen LogP contribution is -2.12. The summed E-state index contributed by atoms with van der Waals surface area (Å²) < 4.78 is 0. The van der Waals surface area contributed by atoms with E-state index in [2.05, 4.69) is 41.5 Å². The Labute approximate surface area is 170 Å². The lowest BCUT2D eigenvalue weighted by molar-refractivity contribution is 0.279. The molecule has 0 atom stereocenters. The summed E-state index contributed by atoms with van der Waals surface area (Å²) in [5, 5.41) is 0. The molecule has 0 saturated heterocycles. The van der Waals surface area contributed by atoms with Crippen molar-refractivity contribution in [2.75, 3.05) is 0 Å². The van der Waals surface area contributed by atoms with Crippen molar-refractivity contribution in [1.82, 2.24) is 0 Å². The zero-order valence-electron chi connectivity index (χ0n) is 17.2. The Morgan fingerprint density at radius 1 is 0.385 bits per heavy atom. The highest BCUT2D eigenvalue weighted by Gasteiger charge is 2.24. The van der Waals surface area contributed by atoms with Gasteiger partial charge >= 0.3 is 0 Å². The second-order valence-corrected chi connectivity index (χ2v) is 9.51. The summed E-state index contributed by atoms with van der Waals surface area (Å²) >= 11 is 0. The van der Waals surface area contributed by atoms with Crippen LogP contribution in [0.25, 0.3) is 0 Å². The molecule has 3 aliphatic rings. The molecular formula is C26H58. The smallest absolute Gasteiger partial charge is 0.0391 e. The van der Waals surface area contributed by atoms with Crippen LogP contribution in [-0.2, 0) is 0 Å². The second-order valence-electron chi connectivity index (χ2n) is 9.51. The van der Waals surface area contributed by atoms with Gasteiger partial charge in [-0.2, -0.15) is 0 Å². The highest BCUT2D eigenvalue weighted by Crippen LogP contribution is 2.35. The number of hydrogen-bond donors (Lipinski definition) is 0. The van der Waals surface area contributed by atoms with Gasteiger partial charge in [-0.15, -0.1) is 0 Å². The molecule has 0 aromatic rings. The van der Waals surface area contributed by atoms with Gasteiger partial charge in [-0.3, -0.25) is 0 Å². The predicted octanol–water partition coefficient (Wildman–Crippen LogP) is 10.0. The zero-order valence-corrected chi connectivity index (χ0v) is 17.2. The summed E-state index contributed by atoms with van der Waals surface area (Å²) in [5.74, 6) is 6.06. The van der Waals surface area contributed by atoms with Crippen LogP contribution in [0.15, 0.2) is 0 Å². The molecule has 0 amide bonds. The molecular weight excluding hydrogens is 312 g/mol. The van der Waals surface area contributed by atoms with Gasteiger partial charge in [-0.05, 0) is 48.3 Å². The van der Waals surface area contributed by atoms with Crippen molar-refractivity contribution >= 4 is 0 Å². The minimum absolute atomic E-state index is 0. The molecule has 3 saturated carbocycles. The highest BCUT2D eigenvalue weighted by atomic mass is 14.3. The molecule has 3 fully saturated rings. The molecule has 0 N–H and O–H groups in total. The van der Waals surface area contributed by atoms with Gasteiger partial charge in [0.2, 0.25) is 0 Å². The van der Waals surface area contributed by atoms with Crippen molar-refractivity contribution in [3.8, 4) is 0 Å². The molecule has 0 bridgehead atoms. The lowest BCUT2D eigenvalue weighted by atomic mass is 9.82. The van der Waals surface area contributed by atoms with Crippen LogP contribution in [0.4, 0.5) is 0 Å². The van der Waals surface area contributed by atoms with Gasteiger partial charge in [0.25, 0.3) is 0 Å². The maximum absolute atomic E-state index is 2.36. The van der Waals surface area contributed by atoms with E-state index in [4.69, 9.17) is 0 Å². The third kappa shape index (κ3) is 14.1. The first-order chi connectivity index (χ1) is 10.9. The van der Waals surface area contributed by atoms with E-state index >= 15 is 0 Å². The molecule has 3 aliphatic carbocycles. The summed E-state index contributed by atoms with van der Waals surface area (Å²) in [6.45, 7) is 14.0. The maximum Gasteiger partial charge on any atom is -0.0391 e. The maximum atomic E-state index is 2.36. The fourth-order valence-electron chi connectivity index (χ4n) is 4.19. The van der Waals surface area contributed by atoms with Crippen molar-refractivity contribution in [2.45, 2.75) is 134 Å². The molecule has 0 aromatic heterocycles. The van der Waals surface area contributed by atoms with Gasteiger partial charge in [-0.1, -0.05) is 122 Å². The molecule has 0 heterocycles. The quantitative estimate of drug-likeness (QED) is 0.463. The molecule has 0 nitrogen and oxygen atoms in total. The molecule has 0 unspecified atom stereocenters. The van der Waals surface area contributed by atoms with Crippen molar-refractivity contribution in [2.24, 2.45) is 35.5 Å². The second kappa shape index (κ2) is 17.1. The van der Waals surface area contributed by atoms with Crippen molar-refractivity contribution in [3.63, 3.8) is 0 Å². The Morgan fingerprint density at radius 3 is 0.769 bits per heavy atom. The minimum atomic E-state index is 0. The summed E-state index contributed by atoms with van der Waals surface area (Å²) in [4.78, 5) is 0. The van der Waals surface area contributed by atoms with Gasteiger partial charge in [-0.25, -0.2) is 0 Å². The van der Waals surface area contributed by atoms with Gasteiger partial charge < -0.3 is 0 Å². The Bertz CT molecular complexity index is 260. The van der Waals surface area contributed by atoms with E-state index in [1.807, 2.05) is 0 Å². The summed E-state index contributed by atoms with van der Waals surface area (Å²) in [6, 6.07) is 0. The minimum Gasteiger partial charge on any atom is -0.0776 e. The summed E-state index contributed by atoms with van der Waals surface area (Å²) in [6.07, 6.45) is 16.4. The average Bonchev–Trinajstić information content (AvgIpc) is 3.24. The number of hydrogen-bond acceptors (Lipinski definition) is 0. The van der Waals surface area contributed by atoms with Crippen LogP contribution in [0.5, 0.6) is 0 Å². The Balaban J connectivity index is -0.000000293. The monoisotopic (exact) mass is 370 g/mol. The first-order valence-electron chi connectivity index (χ1n) is 10.9. The molecule has 0 heteroatoms. The lowest BCUT2D eigenvalue weighted by Gasteiger charge is -2.24. The first kappa shape index (κ1) is 30.7. The molecule has 0 aliphatic heterocycles. The van der Waals surface area contributed by atoms with E-state index in [-0.39, 0.29) is 22.3 Å². The van der Waals surface area contributed by atoms with Crippen LogP contribution < -0.4 is 0 Å². The summed E-state index contributed by atoms with van der Waals surface area (Å²) in [5.41, 5.74) is 0. The van der Waals surface area contributed by atoms with Gasteiger partial charge in [0.05, 0.1) is 0 Å². The van der Waals surface area contributed by atoms with E-state index in [9.17, 15) is 0 Å². The van der Waals surface area contributed by atoms with Crippen molar-refractivity contribution in [3.05, 3.63) is 0 Å². The van der Waals surface area contributed by atoms with Crippen molar-refractivity contribution in [1.29, 1.82) is 0 Å². The van der Waals surface area contributed by atoms with Crippen LogP contribution >= 0.6 is 0 Å². The molecule has 162 valence electrons. The van der Waals surface area contributed by atoms with Gasteiger partial charge in [0, 0.05) is 0 Å². The third-order valence-corrected chi connectivity index (χ3v) is 6.50. The highest BCUT2D eigenvalue weighted by molar-refractivity contribution is 4.75. The molecule has 26 heavy (non-hydrogen) atoms. The Morgan fingerprint density at radius 2 is 0.615 bits per heavy atom. The topological polar surface area (TPSA) is 0 Å². The van der Waals surface area contributed by atoms with E-state index < -0.39 is 0 Å². The molecule has 0 aromatic carbocycles. The third-order valence-electron chi connectivity index (χ3n) is 6.50. The predicted molar refractivity (Wildman–Crippen MR) is 126 cm³/mol. The van der Waals surface area contributed by atoms with Crippen LogP contribution in [0.2, 0.25) is 0 Å². The van der Waals surface area contributed by atoms with E-state index in [0.717, 1.165) is 35.5 Å². The van der Waals surface area contributed by atoms with Crippen LogP contribution in [0, 0.1) is 35.5 Å². The van der Waals surface area contributed by atoms with Gasteiger partial charge in [0.15, 0.2) is 0 Å². The summed E-state index contributed by atoms with van der Waals surface area (Å²) in [7, 11) is 0. The molecule has 0 spiro atoms. The Hall–Kier alpha value is 0. The fourth-order valence-corrected chi connectivity index (χ4v) is 4.19. The first-order valence-corrected chi connectivity index (χ1v) is 10.9. The molecule has 0 radical (unpaired) electrons. The number of rotatable bonds is 3. The van der Waals surface area contributed by atoms with E-state index in [0.29, 0.717) is 0 Å². The largest absolute Gasteiger partial charge is 0.0776 e. The zero-order chi connectivity index (χ0) is 17.2. The van der Waals surface area contributed by atoms with E-state index in [1.54, 1.807) is 0 Å².